The molecule has 2 heterocycles. The zero-order chi connectivity index (χ0) is 12.3. The van der Waals surface area contributed by atoms with Crippen molar-refractivity contribution < 1.29 is 13.9 Å². The fraction of sp³-hybridized carbons (Fsp3) is 0.692. The Morgan fingerprint density at radius 1 is 1.53 bits per heavy atom. The minimum Gasteiger partial charge on any atom is -0.462 e. The molecule has 0 aromatic carbocycles. The highest BCUT2D eigenvalue weighted by molar-refractivity contribution is 5.12. The predicted octanol–water partition coefficient (Wildman–Crippen LogP) is 2.11. The minimum absolute atomic E-state index is 0.220. The van der Waals surface area contributed by atoms with Crippen LogP contribution in [0.2, 0.25) is 0 Å². The molecule has 2 rings (SSSR count). The molecule has 3 atom stereocenters. The number of furan rings is 1. The Morgan fingerprint density at radius 2 is 2.35 bits per heavy atom. The van der Waals surface area contributed by atoms with Crippen molar-refractivity contribution in [1.82, 2.24) is 5.32 Å². The third-order valence-electron chi connectivity index (χ3n) is 3.45. The molecule has 17 heavy (non-hydrogen) atoms. The highest BCUT2D eigenvalue weighted by atomic mass is 16.5. The molecule has 96 valence electrons. The fourth-order valence-corrected chi connectivity index (χ4v) is 2.53. The van der Waals surface area contributed by atoms with Gasteiger partial charge in [-0.25, -0.2) is 0 Å². The van der Waals surface area contributed by atoms with E-state index in [0.717, 1.165) is 24.5 Å². The van der Waals surface area contributed by atoms with Gasteiger partial charge in [0.05, 0.1) is 12.1 Å². The van der Waals surface area contributed by atoms with Gasteiger partial charge < -0.3 is 19.2 Å². The van der Waals surface area contributed by atoms with Gasteiger partial charge in [-0.15, -0.1) is 0 Å². The van der Waals surface area contributed by atoms with E-state index in [0.29, 0.717) is 12.5 Å². The van der Waals surface area contributed by atoms with Crippen LogP contribution < -0.4 is 5.32 Å². The van der Waals surface area contributed by atoms with Gasteiger partial charge in [-0.05, 0) is 32.5 Å². The van der Waals surface area contributed by atoms with Crippen LogP contribution in [-0.4, -0.2) is 26.9 Å². The molecule has 4 heteroatoms. The lowest BCUT2D eigenvalue weighted by atomic mass is 9.92. The van der Waals surface area contributed by atoms with Crippen molar-refractivity contribution >= 4 is 0 Å². The molecule has 4 nitrogen and oxygen atoms in total. The maximum atomic E-state index is 5.79. The van der Waals surface area contributed by atoms with Crippen molar-refractivity contribution in [1.29, 1.82) is 0 Å². The number of nitrogens with one attached hydrogen (secondary N) is 1. The Balaban J connectivity index is 2.10. The third kappa shape index (κ3) is 2.70. The summed E-state index contributed by atoms with van der Waals surface area (Å²) in [5, 5.41) is 3.33. The van der Waals surface area contributed by atoms with Gasteiger partial charge in [-0.1, -0.05) is 0 Å². The Labute approximate surface area is 102 Å². The third-order valence-corrected chi connectivity index (χ3v) is 3.45. The molecule has 0 amide bonds. The summed E-state index contributed by atoms with van der Waals surface area (Å²) in [7, 11) is 3.64. The zero-order valence-corrected chi connectivity index (χ0v) is 10.7. The first-order valence-electron chi connectivity index (χ1n) is 6.12. The molecule has 1 saturated heterocycles. The highest BCUT2D eigenvalue weighted by Crippen LogP contribution is 2.33. The van der Waals surface area contributed by atoms with Gasteiger partial charge in [-0.2, -0.15) is 0 Å². The second-order valence-corrected chi connectivity index (χ2v) is 4.53. The van der Waals surface area contributed by atoms with E-state index >= 15 is 0 Å². The molecule has 0 aliphatic carbocycles. The largest absolute Gasteiger partial charge is 0.462 e. The lowest BCUT2D eigenvalue weighted by Crippen LogP contribution is -2.29. The van der Waals surface area contributed by atoms with E-state index in [1.54, 1.807) is 7.11 Å². The number of hydrogen-bond acceptors (Lipinski definition) is 4. The van der Waals surface area contributed by atoms with Crippen LogP contribution in [0, 0.1) is 5.92 Å². The summed E-state index contributed by atoms with van der Waals surface area (Å²) in [6.45, 7) is 3.49. The number of hydrogen-bond donors (Lipinski definition) is 1. The normalized spacial score (nSPS) is 26.3. The average molecular weight is 239 g/mol. The molecule has 0 radical (unpaired) electrons. The van der Waals surface area contributed by atoms with Crippen LogP contribution in [0.5, 0.6) is 0 Å². The summed E-state index contributed by atoms with van der Waals surface area (Å²) >= 11 is 0. The second-order valence-electron chi connectivity index (χ2n) is 4.53. The maximum Gasteiger partial charge on any atom is 0.129 e. The molecule has 1 aliphatic heterocycles. The van der Waals surface area contributed by atoms with Crippen molar-refractivity contribution in [3.8, 4) is 0 Å². The number of rotatable bonds is 5. The van der Waals surface area contributed by atoms with Crippen LogP contribution in [0.25, 0.3) is 0 Å². The molecule has 1 aromatic rings. The Hall–Kier alpha value is -0.840. The Kier molecular flexibility index (Phi) is 4.20. The molecule has 0 spiro atoms. The first kappa shape index (κ1) is 12.6. The van der Waals surface area contributed by atoms with Crippen molar-refractivity contribution in [2.75, 3.05) is 20.8 Å². The summed E-state index contributed by atoms with van der Waals surface area (Å²) in [6.07, 6.45) is 1.36. The molecular weight excluding hydrogens is 218 g/mol. The Bertz CT molecular complexity index is 350. The molecule has 1 fully saturated rings. The number of methoxy groups -OCH3 is 1. The summed E-state index contributed by atoms with van der Waals surface area (Å²) in [5.74, 6) is 2.32. The molecule has 1 aliphatic rings. The first-order chi connectivity index (χ1) is 8.26. The molecule has 3 unspecified atom stereocenters. The van der Waals surface area contributed by atoms with Crippen molar-refractivity contribution in [3.63, 3.8) is 0 Å². The van der Waals surface area contributed by atoms with E-state index < -0.39 is 0 Å². The molecule has 0 saturated carbocycles. The van der Waals surface area contributed by atoms with Gasteiger partial charge in [-0.3, -0.25) is 0 Å². The topological polar surface area (TPSA) is 43.6 Å². The van der Waals surface area contributed by atoms with E-state index in [2.05, 4.69) is 12.2 Å². The lowest BCUT2D eigenvalue weighted by molar-refractivity contribution is 0.0926. The molecule has 1 N–H and O–H groups in total. The van der Waals surface area contributed by atoms with Crippen molar-refractivity contribution in [2.24, 2.45) is 5.92 Å². The Morgan fingerprint density at radius 3 is 2.94 bits per heavy atom. The summed E-state index contributed by atoms with van der Waals surface area (Å²) < 4.78 is 16.5. The van der Waals surface area contributed by atoms with Crippen molar-refractivity contribution in [2.45, 2.75) is 32.1 Å². The molecular formula is C13H21NO3. The van der Waals surface area contributed by atoms with E-state index in [-0.39, 0.29) is 12.1 Å². The van der Waals surface area contributed by atoms with Crippen LogP contribution >= 0.6 is 0 Å². The maximum absolute atomic E-state index is 5.79. The van der Waals surface area contributed by atoms with Gasteiger partial charge in [0.15, 0.2) is 0 Å². The van der Waals surface area contributed by atoms with Gasteiger partial charge in [0.2, 0.25) is 0 Å². The van der Waals surface area contributed by atoms with Crippen LogP contribution in [0.15, 0.2) is 16.5 Å². The zero-order valence-electron chi connectivity index (χ0n) is 10.7. The van der Waals surface area contributed by atoms with Gasteiger partial charge in [0, 0.05) is 19.6 Å². The fourth-order valence-electron chi connectivity index (χ4n) is 2.53. The standard InChI is InChI=1S/C13H21NO3/c1-9-11(6-7-16-9)13(14-2)12-5-4-10(17-12)8-15-3/h4-5,9,11,13-14H,6-8H2,1-3H3. The van der Waals surface area contributed by atoms with Gasteiger partial charge >= 0.3 is 0 Å². The molecule has 1 aromatic heterocycles. The summed E-state index contributed by atoms with van der Waals surface area (Å²) in [5.41, 5.74) is 0. The van der Waals surface area contributed by atoms with Crippen LogP contribution in [0.1, 0.15) is 30.9 Å². The van der Waals surface area contributed by atoms with E-state index in [1.807, 2.05) is 19.2 Å². The monoisotopic (exact) mass is 239 g/mol. The van der Waals surface area contributed by atoms with Crippen LogP contribution in [0.3, 0.4) is 0 Å². The quantitative estimate of drug-likeness (QED) is 0.854. The van der Waals surface area contributed by atoms with Gasteiger partial charge in [0.25, 0.3) is 0 Å². The van der Waals surface area contributed by atoms with Crippen molar-refractivity contribution in [3.05, 3.63) is 23.7 Å². The van der Waals surface area contributed by atoms with Gasteiger partial charge in [0.1, 0.15) is 18.1 Å². The van der Waals surface area contributed by atoms with E-state index in [4.69, 9.17) is 13.9 Å². The average Bonchev–Trinajstić information content (AvgIpc) is 2.92. The van der Waals surface area contributed by atoms with E-state index in [1.165, 1.54) is 0 Å². The summed E-state index contributed by atoms with van der Waals surface area (Å²) in [4.78, 5) is 0. The lowest BCUT2D eigenvalue weighted by Gasteiger charge is -2.23. The first-order valence-corrected chi connectivity index (χ1v) is 6.12. The molecule has 0 bridgehead atoms. The minimum atomic E-state index is 0.220. The number of ether oxygens (including phenoxy) is 2. The van der Waals surface area contributed by atoms with Crippen LogP contribution in [0.4, 0.5) is 0 Å². The van der Waals surface area contributed by atoms with E-state index in [9.17, 15) is 0 Å². The summed E-state index contributed by atoms with van der Waals surface area (Å²) in [6, 6.07) is 4.22. The van der Waals surface area contributed by atoms with Crippen LogP contribution in [-0.2, 0) is 16.1 Å². The highest BCUT2D eigenvalue weighted by Gasteiger charge is 2.33. The SMILES string of the molecule is CNC(c1ccc(COC)o1)C1CCOC1C. The second kappa shape index (κ2) is 5.67. The smallest absolute Gasteiger partial charge is 0.129 e. The predicted molar refractivity (Wildman–Crippen MR) is 64.7 cm³/mol.